The predicted molar refractivity (Wildman–Crippen MR) is 141 cm³/mol. The molecule has 5 rings (SSSR count). The molecule has 6 nitrogen and oxygen atoms in total. The smallest absolute Gasteiger partial charge is 0.264 e. The topological polar surface area (TPSA) is 46.3 Å². The molecule has 2 aromatic heterocycles. The van der Waals surface area contributed by atoms with Crippen molar-refractivity contribution in [2.45, 2.75) is 19.9 Å². The maximum Gasteiger partial charge on any atom is 0.264 e. The van der Waals surface area contributed by atoms with Gasteiger partial charge in [-0.05, 0) is 43.1 Å². The van der Waals surface area contributed by atoms with E-state index in [-0.39, 0.29) is 5.56 Å². The molecule has 6 heteroatoms. The van der Waals surface area contributed by atoms with Crippen LogP contribution < -0.4 is 5.56 Å². The number of hydrogen-bond acceptors (Lipinski definition) is 4. The maximum atomic E-state index is 13.7. The molecular formula is C29H31N5O. The quantitative estimate of drug-likeness (QED) is 0.424. The number of para-hydroxylation sites is 1. The zero-order valence-corrected chi connectivity index (χ0v) is 20.4. The van der Waals surface area contributed by atoms with Crippen LogP contribution in [-0.4, -0.2) is 63.9 Å². The highest BCUT2D eigenvalue weighted by Gasteiger charge is 2.14. The normalized spacial score (nSPS) is 14.7. The maximum absolute atomic E-state index is 13.7. The Hall–Kier alpha value is -3.66. The van der Waals surface area contributed by atoms with Crippen molar-refractivity contribution in [2.24, 2.45) is 0 Å². The molecule has 1 fully saturated rings. The summed E-state index contributed by atoms with van der Waals surface area (Å²) in [5.74, 6) is 6.48. The van der Waals surface area contributed by atoms with E-state index in [1.165, 1.54) is 0 Å². The molecule has 0 saturated carbocycles. The summed E-state index contributed by atoms with van der Waals surface area (Å²) < 4.78 is 3.77. The molecule has 4 aromatic rings. The minimum Gasteiger partial charge on any atom is -0.304 e. The van der Waals surface area contributed by atoms with E-state index in [1.54, 1.807) is 6.20 Å². The summed E-state index contributed by atoms with van der Waals surface area (Å²) in [5, 5.41) is 6.08. The summed E-state index contributed by atoms with van der Waals surface area (Å²) in [6, 6.07) is 17.8. The summed E-state index contributed by atoms with van der Waals surface area (Å²) in [6.45, 7) is 8.35. The van der Waals surface area contributed by atoms with Crippen molar-refractivity contribution in [3.63, 3.8) is 0 Å². The zero-order chi connectivity index (χ0) is 24.2. The van der Waals surface area contributed by atoms with Crippen molar-refractivity contribution < 1.29 is 0 Å². The number of aromatic nitrogens is 3. The van der Waals surface area contributed by atoms with Crippen LogP contribution in [0, 0.1) is 11.8 Å². The summed E-state index contributed by atoms with van der Waals surface area (Å²) in [5.41, 5.74) is 3.43. The Balaban J connectivity index is 1.42. The Bertz CT molecular complexity index is 1430. The molecule has 0 unspecified atom stereocenters. The average Bonchev–Trinajstić information content (AvgIpc) is 3.35. The van der Waals surface area contributed by atoms with Gasteiger partial charge in [0.25, 0.3) is 5.56 Å². The van der Waals surface area contributed by atoms with Gasteiger partial charge in [-0.1, -0.05) is 49.1 Å². The molecule has 0 aliphatic carbocycles. The van der Waals surface area contributed by atoms with Gasteiger partial charge in [0.2, 0.25) is 0 Å². The first-order chi connectivity index (χ1) is 17.1. The van der Waals surface area contributed by atoms with Gasteiger partial charge in [0.05, 0.1) is 23.7 Å². The van der Waals surface area contributed by atoms with Crippen LogP contribution in [0.15, 0.2) is 71.8 Å². The second-order valence-electron chi connectivity index (χ2n) is 9.12. The SMILES string of the molecule is CCc1cc2cccc(C#Cc3cnn(CCN4CCN(C)CC4)c3)c2c(=O)n1-c1ccccc1. The van der Waals surface area contributed by atoms with Crippen molar-refractivity contribution in [1.29, 1.82) is 0 Å². The molecule has 0 amide bonds. The lowest BCUT2D eigenvalue weighted by molar-refractivity contribution is 0.149. The third-order valence-electron chi connectivity index (χ3n) is 6.72. The molecule has 0 bridgehead atoms. The Morgan fingerprint density at radius 1 is 0.943 bits per heavy atom. The van der Waals surface area contributed by atoms with Crippen LogP contribution >= 0.6 is 0 Å². The van der Waals surface area contributed by atoms with Gasteiger partial charge in [-0.25, -0.2) is 0 Å². The Morgan fingerprint density at radius 2 is 1.74 bits per heavy atom. The molecule has 0 N–H and O–H groups in total. The number of benzene rings is 2. The van der Waals surface area contributed by atoms with Crippen molar-refractivity contribution in [2.75, 3.05) is 39.8 Å². The van der Waals surface area contributed by atoms with Crippen LogP contribution in [0.5, 0.6) is 0 Å². The monoisotopic (exact) mass is 465 g/mol. The number of rotatable bonds is 5. The lowest BCUT2D eigenvalue weighted by atomic mass is 10.0. The molecule has 1 aliphatic rings. The van der Waals surface area contributed by atoms with Crippen LogP contribution in [0.1, 0.15) is 23.7 Å². The molecule has 1 aliphatic heterocycles. The van der Waals surface area contributed by atoms with Gasteiger partial charge in [-0.3, -0.25) is 18.9 Å². The van der Waals surface area contributed by atoms with Crippen LogP contribution in [-0.2, 0) is 13.0 Å². The zero-order valence-electron chi connectivity index (χ0n) is 20.4. The lowest BCUT2D eigenvalue weighted by Gasteiger charge is -2.32. The number of nitrogens with zero attached hydrogens (tertiary/aromatic N) is 5. The number of aryl methyl sites for hydroxylation is 1. The summed E-state index contributed by atoms with van der Waals surface area (Å²) >= 11 is 0. The molecule has 0 radical (unpaired) electrons. The Labute approximate surface area is 206 Å². The highest BCUT2D eigenvalue weighted by atomic mass is 16.1. The fourth-order valence-corrected chi connectivity index (χ4v) is 4.65. The number of hydrogen-bond donors (Lipinski definition) is 0. The van der Waals surface area contributed by atoms with Crippen molar-refractivity contribution in [3.8, 4) is 17.5 Å². The van der Waals surface area contributed by atoms with Gasteiger partial charge < -0.3 is 4.90 Å². The summed E-state index contributed by atoms with van der Waals surface area (Å²) in [4.78, 5) is 18.5. The molecule has 2 aromatic carbocycles. The number of likely N-dealkylation sites (N-methyl/N-ethyl adjacent to an activating group) is 1. The minimum absolute atomic E-state index is 0.0293. The van der Waals surface area contributed by atoms with E-state index >= 15 is 0 Å². The molecule has 3 heterocycles. The second-order valence-corrected chi connectivity index (χ2v) is 9.12. The molecule has 0 spiro atoms. The highest BCUT2D eigenvalue weighted by molar-refractivity contribution is 5.88. The van der Waals surface area contributed by atoms with E-state index in [2.05, 4.69) is 46.8 Å². The molecule has 35 heavy (non-hydrogen) atoms. The van der Waals surface area contributed by atoms with Gasteiger partial charge in [-0.15, -0.1) is 0 Å². The minimum atomic E-state index is -0.0293. The van der Waals surface area contributed by atoms with Gasteiger partial charge in [0.15, 0.2) is 0 Å². The highest BCUT2D eigenvalue weighted by Crippen LogP contribution is 2.19. The van der Waals surface area contributed by atoms with E-state index < -0.39 is 0 Å². The van der Waals surface area contributed by atoms with Crippen molar-refractivity contribution in [3.05, 3.63) is 94.2 Å². The standard InChI is InChI=1S/C29H31N5O/c1-3-26-20-25-9-7-8-24(28(25)29(35)34(26)27-10-5-4-6-11-27)13-12-23-21-30-33(22-23)19-18-32-16-14-31(2)15-17-32/h4-11,20-22H,3,14-19H2,1-2H3. The average molecular weight is 466 g/mol. The van der Waals surface area contributed by atoms with Gasteiger partial charge in [-0.2, -0.15) is 5.10 Å². The Kier molecular flexibility index (Phi) is 6.80. The largest absolute Gasteiger partial charge is 0.304 e. The number of fused-ring (bicyclic) bond motifs is 1. The van der Waals surface area contributed by atoms with Crippen LogP contribution in [0.25, 0.3) is 16.5 Å². The van der Waals surface area contributed by atoms with Gasteiger partial charge in [0, 0.05) is 55.9 Å². The van der Waals surface area contributed by atoms with Crippen molar-refractivity contribution in [1.82, 2.24) is 24.1 Å². The van der Waals surface area contributed by atoms with Gasteiger partial charge >= 0.3 is 0 Å². The van der Waals surface area contributed by atoms with Crippen molar-refractivity contribution >= 4 is 10.8 Å². The predicted octanol–water partition coefficient (Wildman–Crippen LogP) is 3.40. The fraction of sp³-hybridized carbons (Fsp3) is 0.310. The lowest BCUT2D eigenvalue weighted by Crippen LogP contribution is -2.45. The number of piperazine rings is 1. The van der Waals surface area contributed by atoms with Crippen LogP contribution in [0.3, 0.4) is 0 Å². The first kappa shape index (κ1) is 23.1. The van der Waals surface area contributed by atoms with E-state index in [9.17, 15) is 4.79 Å². The van der Waals surface area contributed by atoms with E-state index in [0.717, 1.165) is 73.6 Å². The van der Waals surface area contributed by atoms with Gasteiger partial charge in [0.1, 0.15) is 0 Å². The Morgan fingerprint density at radius 3 is 2.51 bits per heavy atom. The molecule has 1 saturated heterocycles. The third kappa shape index (κ3) is 5.07. The molecular weight excluding hydrogens is 434 g/mol. The third-order valence-corrected chi connectivity index (χ3v) is 6.72. The fourth-order valence-electron chi connectivity index (χ4n) is 4.65. The molecule has 0 atom stereocenters. The summed E-state index contributed by atoms with van der Waals surface area (Å²) in [6.07, 6.45) is 4.56. The van der Waals surface area contributed by atoms with Crippen LogP contribution in [0.4, 0.5) is 0 Å². The first-order valence-corrected chi connectivity index (χ1v) is 12.3. The van der Waals surface area contributed by atoms with E-state index in [4.69, 9.17) is 0 Å². The second kappa shape index (κ2) is 10.3. The first-order valence-electron chi connectivity index (χ1n) is 12.3. The molecule has 178 valence electrons. The number of pyridine rings is 1. The van der Waals surface area contributed by atoms with Crippen LogP contribution in [0.2, 0.25) is 0 Å². The van der Waals surface area contributed by atoms with E-state index in [0.29, 0.717) is 5.39 Å². The summed E-state index contributed by atoms with van der Waals surface area (Å²) in [7, 11) is 2.17. The van der Waals surface area contributed by atoms with E-state index in [1.807, 2.05) is 64.0 Å².